The van der Waals surface area contributed by atoms with Crippen molar-refractivity contribution in [2.24, 2.45) is 0 Å². The van der Waals surface area contributed by atoms with E-state index in [9.17, 15) is 9.90 Å². The van der Waals surface area contributed by atoms with Crippen molar-refractivity contribution in [2.45, 2.75) is 6.54 Å². The maximum atomic E-state index is 12.7. The maximum absolute atomic E-state index is 12.7. The summed E-state index contributed by atoms with van der Waals surface area (Å²) in [6.45, 7) is 3.72. The Morgan fingerprint density at radius 3 is 2.77 bits per heavy atom. The van der Waals surface area contributed by atoms with Crippen LogP contribution in [0, 0.1) is 0 Å². The van der Waals surface area contributed by atoms with Gasteiger partial charge in [0, 0.05) is 5.02 Å². The first-order chi connectivity index (χ1) is 12.6. The Morgan fingerprint density at radius 1 is 1.19 bits per heavy atom. The number of quaternary nitrogens is 1. The lowest BCUT2D eigenvalue weighted by Crippen LogP contribution is -3.12. The van der Waals surface area contributed by atoms with E-state index < -0.39 is 0 Å². The summed E-state index contributed by atoms with van der Waals surface area (Å²) in [4.78, 5) is 14.0. The van der Waals surface area contributed by atoms with Crippen LogP contribution in [0.3, 0.4) is 0 Å². The van der Waals surface area contributed by atoms with Crippen LogP contribution >= 0.6 is 11.6 Å². The number of carbonyl (C=O) groups excluding carboxylic acids is 1. The number of nitrogens with one attached hydrogen (secondary N) is 1. The highest BCUT2D eigenvalue weighted by molar-refractivity contribution is 6.30. The molecular formula is C20H19ClNO4+. The van der Waals surface area contributed by atoms with Crippen LogP contribution in [0.5, 0.6) is 11.5 Å². The molecule has 1 fully saturated rings. The molecule has 0 amide bonds. The summed E-state index contributed by atoms with van der Waals surface area (Å²) in [6.07, 6.45) is 1.68. The number of fused-ring (bicyclic) bond motifs is 1. The van der Waals surface area contributed by atoms with Crippen LogP contribution in [0.2, 0.25) is 5.02 Å². The number of halogens is 1. The fourth-order valence-electron chi connectivity index (χ4n) is 3.30. The van der Waals surface area contributed by atoms with E-state index in [0.29, 0.717) is 41.7 Å². The Bertz CT molecular complexity index is 887. The molecule has 2 N–H and O–H groups in total. The highest BCUT2D eigenvalue weighted by atomic mass is 35.5. The predicted octanol–water partition coefficient (Wildman–Crippen LogP) is 2.08. The monoisotopic (exact) mass is 372 g/mol. The average Bonchev–Trinajstić information content (AvgIpc) is 2.95. The first-order valence-corrected chi connectivity index (χ1v) is 8.95. The van der Waals surface area contributed by atoms with Crippen LogP contribution < -0.4 is 9.64 Å². The standard InChI is InChI=1S/C20H18ClNO4/c21-14-3-1-2-13(10-14)11-18-19(24)15-4-5-17(23)16(20(15)26-18)12-22-6-8-25-9-7-22/h1-5,10-11,23H,6-9,12H2/p+1/b18-11+. The predicted molar refractivity (Wildman–Crippen MR) is 97.7 cm³/mol. The highest BCUT2D eigenvalue weighted by Gasteiger charge is 2.32. The smallest absolute Gasteiger partial charge is 0.231 e. The third kappa shape index (κ3) is 3.33. The van der Waals surface area contributed by atoms with Crippen molar-refractivity contribution in [3.63, 3.8) is 0 Å². The third-order valence-corrected chi connectivity index (χ3v) is 4.92. The van der Waals surface area contributed by atoms with Crippen molar-refractivity contribution in [1.82, 2.24) is 0 Å². The molecule has 26 heavy (non-hydrogen) atoms. The lowest BCUT2D eigenvalue weighted by atomic mass is 10.0. The molecule has 0 saturated carbocycles. The van der Waals surface area contributed by atoms with Gasteiger partial charge in [0.15, 0.2) is 11.5 Å². The van der Waals surface area contributed by atoms with Crippen LogP contribution in [-0.2, 0) is 11.3 Å². The number of hydrogen-bond donors (Lipinski definition) is 2. The molecule has 0 aromatic heterocycles. The number of phenolic OH excluding ortho intramolecular Hbond substituents is 1. The van der Waals surface area contributed by atoms with Crippen LogP contribution in [0.4, 0.5) is 0 Å². The zero-order valence-corrected chi connectivity index (χ0v) is 14.9. The van der Waals surface area contributed by atoms with Crippen molar-refractivity contribution in [1.29, 1.82) is 0 Å². The van der Waals surface area contributed by atoms with Gasteiger partial charge in [0.1, 0.15) is 25.4 Å². The average molecular weight is 373 g/mol. The van der Waals surface area contributed by atoms with Gasteiger partial charge in [-0.15, -0.1) is 0 Å². The number of Topliss-reactive ketones (excluding diaryl/α,β-unsaturated/α-hetero) is 1. The lowest BCUT2D eigenvalue weighted by molar-refractivity contribution is -0.921. The zero-order valence-electron chi connectivity index (χ0n) is 14.1. The first-order valence-electron chi connectivity index (χ1n) is 8.58. The Labute approximate surface area is 156 Å². The molecule has 0 unspecified atom stereocenters. The number of ketones is 1. The molecule has 0 radical (unpaired) electrons. The van der Waals surface area contributed by atoms with Crippen LogP contribution in [0.15, 0.2) is 42.2 Å². The second-order valence-electron chi connectivity index (χ2n) is 6.47. The van der Waals surface area contributed by atoms with Gasteiger partial charge in [0.25, 0.3) is 0 Å². The number of allylic oxidation sites excluding steroid dienone is 1. The van der Waals surface area contributed by atoms with Crippen molar-refractivity contribution in [2.75, 3.05) is 26.3 Å². The minimum atomic E-state index is -0.182. The molecule has 0 aliphatic carbocycles. The van der Waals surface area contributed by atoms with Gasteiger partial charge in [0.05, 0.1) is 24.3 Å². The van der Waals surface area contributed by atoms with E-state index in [1.807, 2.05) is 12.1 Å². The Morgan fingerprint density at radius 2 is 2.00 bits per heavy atom. The molecule has 4 rings (SSSR count). The Hall–Kier alpha value is -2.34. The number of morpholine rings is 1. The SMILES string of the molecule is O=C1/C(=C\c2cccc(Cl)c2)Oc2c1ccc(O)c2C[NH+]1CCOCC1. The van der Waals surface area contributed by atoms with Gasteiger partial charge < -0.3 is 19.5 Å². The molecule has 2 aromatic rings. The summed E-state index contributed by atoms with van der Waals surface area (Å²) in [5.41, 5.74) is 1.94. The molecule has 1 saturated heterocycles. The van der Waals surface area contributed by atoms with Gasteiger partial charge in [0.2, 0.25) is 5.78 Å². The van der Waals surface area contributed by atoms with E-state index >= 15 is 0 Å². The maximum Gasteiger partial charge on any atom is 0.231 e. The van der Waals surface area contributed by atoms with Crippen LogP contribution in [-0.4, -0.2) is 37.2 Å². The molecule has 0 spiro atoms. The number of benzene rings is 2. The molecule has 134 valence electrons. The fraction of sp³-hybridized carbons (Fsp3) is 0.250. The second kappa shape index (κ2) is 7.11. The van der Waals surface area contributed by atoms with Crippen LogP contribution in [0.1, 0.15) is 21.5 Å². The summed E-state index contributed by atoms with van der Waals surface area (Å²) in [5.74, 6) is 0.672. The van der Waals surface area contributed by atoms with Gasteiger partial charge in [-0.1, -0.05) is 23.7 Å². The zero-order chi connectivity index (χ0) is 18.1. The molecule has 6 heteroatoms. The molecule has 0 bridgehead atoms. The minimum absolute atomic E-state index is 0.152. The minimum Gasteiger partial charge on any atom is -0.507 e. The van der Waals surface area contributed by atoms with Crippen molar-refractivity contribution >= 4 is 23.5 Å². The normalized spacial score (nSPS) is 18.8. The Balaban J connectivity index is 1.66. The number of hydrogen-bond acceptors (Lipinski definition) is 4. The summed E-state index contributed by atoms with van der Waals surface area (Å²) in [5, 5.41) is 10.9. The van der Waals surface area contributed by atoms with E-state index in [-0.39, 0.29) is 17.3 Å². The molecule has 5 nitrogen and oxygen atoms in total. The van der Waals surface area contributed by atoms with Gasteiger partial charge in [-0.2, -0.15) is 0 Å². The molecule has 2 aliphatic heterocycles. The molecule has 2 aromatic carbocycles. The van der Waals surface area contributed by atoms with Gasteiger partial charge in [-0.25, -0.2) is 0 Å². The quantitative estimate of drug-likeness (QED) is 0.810. The van der Waals surface area contributed by atoms with Crippen molar-refractivity contribution in [3.8, 4) is 11.5 Å². The van der Waals surface area contributed by atoms with Crippen molar-refractivity contribution < 1.29 is 24.3 Å². The number of carbonyl (C=O) groups is 1. The molecule has 2 heterocycles. The summed E-state index contributed by atoms with van der Waals surface area (Å²) in [7, 11) is 0. The molecule has 2 aliphatic rings. The Kier molecular flexibility index (Phi) is 4.68. The molecule has 0 atom stereocenters. The third-order valence-electron chi connectivity index (χ3n) is 4.69. The van der Waals surface area contributed by atoms with E-state index in [0.717, 1.165) is 18.7 Å². The topological polar surface area (TPSA) is 60.2 Å². The van der Waals surface area contributed by atoms with E-state index in [1.54, 1.807) is 30.3 Å². The van der Waals surface area contributed by atoms with Gasteiger partial charge in [-0.05, 0) is 35.9 Å². The lowest BCUT2D eigenvalue weighted by Gasteiger charge is -2.24. The highest BCUT2D eigenvalue weighted by Crippen LogP contribution is 2.39. The number of aromatic hydroxyl groups is 1. The molecular weight excluding hydrogens is 354 g/mol. The number of ether oxygens (including phenoxy) is 2. The summed E-state index contributed by atoms with van der Waals surface area (Å²) < 4.78 is 11.3. The second-order valence-corrected chi connectivity index (χ2v) is 6.91. The van der Waals surface area contributed by atoms with E-state index in [2.05, 4.69) is 0 Å². The number of rotatable bonds is 3. The summed E-state index contributed by atoms with van der Waals surface area (Å²) >= 11 is 6.01. The van der Waals surface area contributed by atoms with Gasteiger partial charge >= 0.3 is 0 Å². The van der Waals surface area contributed by atoms with Crippen molar-refractivity contribution in [3.05, 3.63) is 63.9 Å². The van der Waals surface area contributed by atoms with E-state index in [4.69, 9.17) is 21.1 Å². The van der Waals surface area contributed by atoms with E-state index in [1.165, 1.54) is 4.90 Å². The fourth-order valence-corrected chi connectivity index (χ4v) is 3.50. The van der Waals surface area contributed by atoms with Crippen LogP contribution in [0.25, 0.3) is 6.08 Å². The largest absolute Gasteiger partial charge is 0.507 e. The number of phenols is 1. The van der Waals surface area contributed by atoms with Gasteiger partial charge in [-0.3, -0.25) is 4.79 Å². The first kappa shape index (κ1) is 17.1. The summed E-state index contributed by atoms with van der Waals surface area (Å²) in [6, 6.07) is 10.4.